The molecule has 0 saturated carbocycles. The highest BCUT2D eigenvalue weighted by Gasteiger charge is 2.25. The van der Waals surface area contributed by atoms with Gasteiger partial charge in [0.15, 0.2) is 0 Å². The summed E-state index contributed by atoms with van der Waals surface area (Å²) in [5, 5.41) is 0. The summed E-state index contributed by atoms with van der Waals surface area (Å²) in [7, 11) is 0. The first-order valence-corrected chi connectivity index (χ1v) is 8.11. The molecule has 1 aromatic rings. The van der Waals surface area contributed by atoms with Crippen LogP contribution in [-0.4, -0.2) is 51.6 Å². The van der Waals surface area contributed by atoms with Gasteiger partial charge >= 0.3 is 0 Å². The summed E-state index contributed by atoms with van der Waals surface area (Å²) in [4.78, 5) is 9.87. The van der Waals surface area contributed by atoms with E-state index in [0.717, 1.165) is 24.7 Å². The van der Waals surface area contributed by atoms with Crippen molar-refractivity contribution in [3.63, 3.8) is 0 Å². The van der Waals surface area contributed by atoms with E-state index in [0.29, 0.717) is 6.04 Å². The minimum absolute atomic E-state index is 0.710. The molecule has 1 saturated heterocycles. The zero-order chi connectivity index (χ0) is 14.1. The lowest BCUT2D eigenvalue weighted by Crippen LogP contribution is -2.43. The number of aromatic nitrogens is 2. The second-order valence-corrected chi connectivity index (χ2v) is 6.80. The van der Waals surface area contributed by atoms with Crippen LogP contribution in [0.2, 0.25) is 0 Å². The maximum atomic E-state index is 4.64. The number of piperidine rings is 1. The van der Waals surface area contributed by atoms with E-state index < -0.39 is 0 Å². The first kappa shape index (κ1) is 14.1. The quantitative estimate of drug-likeness (QED) is 0.845. The van der Waals surface area contributed by atoms with Gasteiger partial charge in [0, 0.05) is 31.9 Å². The molecule has 3 heterocycles. The van der Waals surface area contributed by atoms with Gasteiger partial charge in [-0.05, 0) is 52.6 Å². The van der Waals surface area contributed by atoms with Crippen LogP contribution in [0.1, 0.15) is 38.2 Å². The second kappa shape index (κ2) is 5.86. The Morgan fingerprint density at radius 1 is 1.20 bits per heavy atom. The lowest BCUT2D eigenvalue weighted by atomic mass is 9.95. The fraction of sp³-hybridized carbons (Fsp3) is 0.812. The van der Waals surface area contributed by atoms with Crippen LogP contribution in [0.4, 0.5) is 0 Å². The zero-order valence-electron chi connectivity index (χ0n) is 13.2. The fourth-order valence-electron chi connectivity index (χ4n) is 3.62. The van der Waals surface area contributed by atoms with Crippen LogP contribution in [0.15, 0.2) is 6.20 Å². The molecule has 0 spiro atoms. The molecule has 0 unspecified atom stereocenters. The summed E-state index contributed by atoms with van der Waals surface area (Å²) in [6.07, 6.45) is 4.91. The molecule has 4 heteroatoms. The van der Waals surface area contributed by atoms with Gasteiger partial charge in [-0.15, -0.1) is 0 Å². The summed E-state index contributed by atoms with van der Waals surface area (Å²) in [5.74, 6) is 2.14. The Hall–Kier alpha value is -0.870. The average molecular weight is 276 g/mol. The van der Waals surface area contributed by atoms with E-state index >= 15 is 0 Å². The van der Waals surface area contributed by atoms with Crippen molar-refractivity contribution in [2.45, 2.75) is 52.7 Å². The van der Waals surface area contributed by atoms with Crippen molar-refractivity contribution in [2.75, 3.05) is 26.2 Å². The van der Waals surface area contributed by atoms with Gasteiger partial charge < -0.3 is 9.47 Å². The van der Waals surface area contributed by atoms with Gasteiger partial charge in [-0.25, -0.2) is 4.98 Å². The van der Waals surface area contributed by atoms with Gasteiger partial charge in [-0.3, -0.25) is 4.90 Å². The van der Waals surface area contributed by atoms with Crippen LogP contribution in [0, 0.1) is 12.8 Å². The molecule has 112 valence electrons. The first-order chi connectivity index (χ1) is 9.61. The number of fused-ring (bicyclic) bond motifs is 1. The summed E-state index contributed by atoms with van der Waals surface area (Å²) in [5.41, 5.74) is 1.16. The predicted molar refractivity (Wildman–Crippen MR) is 81.7 cm³/mol. The Labute approximate surface area is 122 Å². The van der Waals surface area contributed by atoms with Gasteiger partial charge in [0.05, 0.1) is 12.2 Å². The van der Waals surface area contributed by atoms with Crippen molar-refractivity contribution in [3.05, 3.63) is 17.7 Å². The highest BCUT2D eigenvalue weighted by molar-refractivity contribution is 5.04. The van der Waals surface area contributed by atoms with Crippen LogP contribution in [0.5, 0.6) is 0 Å². The Balaban J connectivity index is 1.50. The van der Waals surface area contributed by atoms with Gasteiger partial charge in [0.25, 0.3) is 0 Å². The number of likely N-dealkylation sites (tertiary alicyclic amines) is 1. The highest BCUT2D eigenvalue weighted by atomic mass is 15.2. The van der Waals surface area contributed by atoms with E-state index in [1.165, 1.54) is 44.8 Å². The van der Waals surface area contributed by atoms with E-state index in [9.17, 15) is 0 Å². The van der Waals surface area contributed by atoms with Crippen molar-refractivity contribution in [1.82, 2.24) is 19.4 Å². The maximum Gasteiger partial charge on any atom is 0.123 e. The van der Waals surface area contributed by atoms with E-state index in [1.54, 1.807) is 0 Å². The summed E-state index contributed by atoms with van der Waals surface area (Å²) in [6.45, 7) is 13.9. The SMILES string of the molecule is Cc1cn2c(n1)CN(CC1CCN(C(C)C)CC1)CC2. The van der Waals surface area contributed by atoms with Crippen LogP contribution in [0.3, 0.4) is 0 Å². The van der Waals surface area contributed by atoms with Gasteiger partial charge in [0.2, 0.25) is 0 Å². The third-order valence-electron chi connectivity index (χ3n) is 4.90. The number of hydrogen-bond acceptors (Lipinski definition) is 3. The monoisotopic (exact) mass is 276 g/mol. The molecule has 1 fully saturated rings. The molecule has 0 aromatic carbocycles. The lowest BCUT2D eigenvalue weighted by Gasteiger charge is -2.37. The van der Waals surface area contributed by atoms with Crippen molar-refractivity contribution < 1.29 is 0 Å². The van der Waals surface area contributed by atoms with Crippen molar-refractivity contribution >= 4 is 0 Å². The number of hydrogen-bond donors (Lipinski definition) is 0. The average Bonchev–Trinajstić information content (AvgIpc) is 2.78. The standard InChI is InChI=1S/C16H28N4/c1-13(2)19-6-4-15(5-7-19)11-18-8-9-20-10-14(3)17-16(20)12-18/h10,13,15H,4-9,11-12H2,1-3H3. The fourth-order valence-corrected chi connectivity index (χ4v) is 3.62. The van der Waals surface area contributed by atoms with Crippen LogP contribution in [-0.2, 0) is 13.1 Å². The first-order valence-electron chi connectivity index (χ1n) is 8.11. The van der Waals surface area contributed by atoms with Crippen molar-refractivity contribution in [1.29, 1.82) is 0 Å². The Morgan fingerprint density at radius 3 is 2.65 bits per heavy atom. The normalized spacial score (nSPS) is 22.4. The molecule has 0 atom stereocenters. The van der Waals surface area contributed by atoms with E-state index in [2.05, 4.69) is 46.3 Å². The Morgan fingerprint density at radius 2 is 1.95 bits per heavy atom. The number of rotatable bonds is 3. The molecule has 3 rings (SSSR count). The largest absolute Gasteiger partial charge is 0.332 e. The summed E-state index contributed by atoms with van der Waals surface area (Å²) in [6, 6.07) is 0.710. The topological polar surface area (TPSA) is 24.3 Å². The molecule has 0 radical (unpaired) electrons. The summed E-state index contributed by atoms with van der Waals surface area (Å²) < 4.78 is 2.33. The third kappa shape index (κ3) is 3.07. The van der Waals surface area contributed by atoms with E-state index in [4.69, 9.17) is 0 Å². The highest BCUT2D eigenvalue weighted by Crippen LogP contribution is 2.22. The van der Waals surface area contributed by atoms with Gasteiger partial charge in [-0.1, -0.05) is 0 Å². The van der Waals surface area contributed by atoms with Crippen molar-refractivity contribution in [3.8, 4) is 0 Å². The molecule has 2 aliphatic rings. The molecular formula is C16H28N4. The molecule has 20 heavy (non-hydrogen) atoms. The number of aryl methyl sites for hydroxylation is 1. The minimum atomic E-state index is 0.710. The molecule has 0 amide bonds. The smallest absolute Gasteiger partial charge is 0.123 e. The van der Waals surface area contributed by atoms with Crippen molar-refractivity contribution in [2.24, 2.45) is 5.92 Å². The summed E-state index contributed by atoms with van der Waals surface area (Å²) >= 11 is 0. The van der Waals surface area contributed by atoms with E-state index in [-0.39, 0.29) is 0 Å². The van der Waals surface area contributed by atoms with Gasteiger partial charge in [0.1, 0.15) is 5.82 Å². The number of nitrogens with zero attached hydrogens (tertiary/aromatic N) is 4. The molecule has 2 aliphatic heterocycles. The molecule has 0 aliphatic carbocycles. The van der Waals surface area contributed by atoms with Gasteiger partial charge in [-0.2, -0.15) is 0 Å². The molecule has 4 nitrogen and oxygen atoms in total. The zero-order valence-corrected chi connectivity index (χ0v) is 13.2. The van der Waals surface area contributed by atoms with Crippen LogP contribution < -0.4 is 0 Å². The molecular weight excluding hydrogens is 248 g/mol. The molecule has 0 N–H and O–H groups in total. The van der Waals surface area contributed by atoms with Crippen LogP contribution in [0.25, 0.3) is 0 Å². The lowest BCUT2D eigenvalue weighted by molar-refractivity contribution is 0.110. The minimum Gasteiger partial charge on any atom is -0.332 e. The maximum absolute atomic E-state index is 4.64. The Bertz CT molecular complexity index is 443. The third-order valence-corrected chi connectivity index (χ3v) is 4.90. The molecule has 0 bridgehead atoms. The van der Waals surface area contributed by atoms with E-state index in [1.807, 2.05) is 0 Å². The van der Waals surface area contributed by atoms with Crippen LogP contribution >= 0.6 is 0 Å². The molecule has 1 aromatic heterocycles. The predicted octanol–water partition coefficient (Wildman–Crippen LogP) is 2.13. The number of imidazole rings is 1. The second-order valence-electron chi connectivity index (χ2n) is 6.80. The Kier molecular flexibility index (Phi) is 4.13.